The van der Waals surface area contributed by atoms with E-state index in [9.17, 15) is 18.4 Å². The molecule has 0 aliphatic heterocycles. The van der Waals surface area contributed by atoms with E-state index in [1.54, 1.807) is 42.5 Å². The second-order valence-electron chi connectivity index (χ2n) is 6.12. The van der Waals surface area contributed by atoms with Gasteiger partial charge in [-0.25, -0.2) is 0 Å². The molecule has 5 nitrogen and oxygen atoms in total. The summed E-state index contributed by atoms with van der Waals surface area (Å²) in [7, 11) is 0. The van der Waals surface area contributed by atoms with Crippen LogP contribution in [0, 0.1) is 5.92 Å². The highest BCUT2D eigenvalue weighted by Gasteiger charge is 2.29. The fraction of sp³-hybridized carbons (Fsp3) is 0.263. The van der Waals surface area contributed by atoms with Crippen molar-refractivity contribution in [3.63, 3.8) is 0 Å². The van der Waals surface area contributed by atoms with Gasteiger partial charge >= 0.3 is 0 Å². The molecule has 2 aromatic carbocycles. The van der Waals surface area contributed by atoms with Crippen LogP contribution in [-0.4, -0.2) is 24.1 Å². The van der Waals surface area contributed by atoms with Crippen molar-refractivity contribution in [3.8, 4) is 0 Å². The predicted molar refractivity (Wildman–Crippen MR) is 103 cm³/mol. The van der Waals surface area contributed by atoms with Crippen molar-refractivity contribution in [2.75, 3.05) is 22.5 Å². The number of hydrogen-bond donors (Lipinski definition) is 3. The summed E-state index contributed by atoms with van der Waals surface area (Å²) in [6, 6.07) is 13.5. The maximum absolute atomic E-state index is 12.6. The molecule has 1 aliphatic rings. The zero-order valence-electron chi connectivity index (χ0n) is 14.4. The van der Waals surface area contributed by atoms with Crippen LogP contribution in [0.2, 0.25) is 0 Å². The minimum atomic E-state index is -2.56. The number of anilines is 3. The lowest BCUT2D eigenvalue weighted by molar-refractivity contribution is -0.117. The molecule has 0 unspecified atom stereocenters. The third-order valence-corrected chi connectivity index (χ3v) is 4.72. The van der Waals surface area contributed by atoms with E-state index in [-0.39, 0.29) is 24.3 Å². The molecule has 0 bridgehead atoms. The van der Waals surface area contributed by atoms with E-state index in [4.69, 9.17) is 0 Å². The summed E-state index contributed by atoms with van der Waals surface area (Å²) in [5.41, 5.74) is 1.78. The van der Waals surface area contributed by atoms with Crippen LogP contribution in [0.4, 0.5) is 25.8 Å². The van der Waals surface area contributed by atoms with E-state index in [0.29, 0.717) is 33.7 Å². The quantitative estimate of drug-likeness (QED) is 0.584. The number of alkyl halides is 2. The molecular formula is C19H19F2N3O2S. The van der Waals surface area contributed by atoms with Crippen LogP contribution in [0.3, 0.4) is 0 Å². The molecule has 1 saturated carbocycles. The van der Waals surface area contributed by atoms with Crippen molar-refractivity contribution < 1.29 is 18.4 Å². The maximum atomic E-state index is 12.6. The highest BCUT2D eigenvalue weighted by molar-refractivity contribution is 7.99. The van der Waals surface area contributed by atoms with Crippen molar-refractivity contribution in [2.45, 2.75) is 23.5 Å². The van der Waals surface area contributed by atoms with Crippen LogP contribution >= 0.6 is 11.8 Å². The largest absolute Gasteiger partial charge is 0.376 e. The van der Waals surface area contributed by atoms with Gasteiger partial charge in [0, 0.05) is 22.2 Å². The summed E-state index contributed by atoms with van der Waals surface area (Å²) in [5.74, 6) is -2.73. The van der Waals surface area contributed by atoms with Gasteiger partial charge in [0.1, 0.15) is 0 Å². The van der Waals surface area contributed by atoms with E-state index in [2.05, 4.69) is 16.0 Å². The Morgan fingerprint density at radius 3 is 2.33 bits per heavy atom. The number of amides is 2. The lowest BCUT2D eigenvalue weighted by Crippen LogP contribution is -2.22. The molecule has 0 saturated heterocycles. The Bertz CT molecular complexity index is 811. The van der Waals surface area contributed by atoms with E-state index in [1.807, 2.05) is 0 Å². The summed E-state index contributed by atoms with van der Waals surface area (Å²) in [6.07, 6.45) is 1.89. The molecular weight excluding hydrogens is 372 g/mol. The van der Waals surface area contributed by atoms with Gasteiger partial charge in [-0.05, 0) is 49.2 Å². The average molecular weight is 391 g/mol. The normalized spacial score (nSPS) is 13.3. The van der Waals surface area contributed by atoms with E-state index in [0.717, 1.165) is 12.8 Å². The van der Waals surface area contributed by atoms with Crippen molar-refractivity contribution in [3.05, 3.63) is 48.5 Å². The molecule has 2 aromatic rings. The first-order chi connectivity index (χ1) is 13.0. The van der Waals surface area contributed by atoms with Crippen molar-refractivity contribution in [2.24, 2.45) is 5.92 Å². The lowest BCUT2D eigenvalue weighted by Gasteiger charge is -2.12. The molecule has 1 aliphatic carbocycles. The number of rotatable bonds is 8. The van der Waals surface area contributed by atoms with Gasteiger partial charge < -0.3 is 16.0 Å². The Balaban J connectivity index is 1.49. The number of para-hydroxylation sites is 1. The zero-order chi connectivity index (χ0) is 19.2. The van der Waals surface area contributed by atoms with E-state index < -0.39 is 5.76 Å². The fourth-order valence-electron chi connectivity index (χ4n) is 2.41. The number of carbonyl (C=O) groups is 2. The van der Waals surface area contributed by atoms with E-state index in [1.165, 1.54) is 6.07 Å². The molecule has 3 rings (SSSR count). The number of nitrogens with one attached hydrogen (secondary N) is 3. The molecule has 142 valence electrons. The number of halogens is 2. The first kappa shape index (κ1) is 19.2. The van der Waals surface area contributed by atoms with Crippen molar-refractivity contribution >= 4 is 40.6 Å². The molecule has 0 spiro atoms. The molecule has 0 atom stereocenters. The fourth-order valence-corrected chi connectivity index (χ4v) is 3.00. The molecule has 2 amide bonds. The van der Waals surface area contributed by atoms with Crippen LogP contribution in [0.5, 0.6) is 0 Å². The van der Waals surface area contributed by atoms with Crippen LogP contribution < -0.4 is 16.0 Å². The summed E-state index contributed by atoms with van der Waals surface area (Å²) in [6.45, 7) is -0.0124. The smallest absolute Gasteiger partial charge is 0.288 e. The van der Waals surface area contributed by atoms with Crippen molar-refractivity contribution in [1.29, 1.82) is 0 Å². The van der Waals surface area contributed by atoms with Gasteiger partial charge in [-0.3, -0.25) is 9.59 Å². The van der Waals surface area contributed by atoms with Gasteiger partial charge in [0.15, 0.2) is 0 Å². The highest BCUT2D eigenvalue weighted by atomic mass is 32.2. The number of hydrogen-bond acceptors (Lipinski definition) is 4. The molecule has 1 fully saturated rings. The van der Waals surface area contributed by atoms with Gasteiger partial charge in [0.2, 0.25) is 11.8 Å². The van der Waals surface area contributed by atoms with E-state index >= 15 is 0 Å². The van der Waals surface area contributed by atoms with Crippen LogP contribution in [0.1, 0.15) is 12.8 Å². The summed E-state index contributed by atoms with van der Waals surface area (Å²) < 4.78 is 25.2. The second-order valence-corrected chi connectivity index (χ2v) is 7.15. The molecule has 27 heavy (non-hydrogen) atoms. The third-order valence-electron chi connectivity index (χ3n) is 3.93. The summed E-state index contributed by atoms with van der Waals surface area (Å²) in [4.78, 5) is 24.1. The summed E-state index contributed by atoms with van der Waals surface area (Å²) in [5, 5.41) is 8.43. The second kappa shape index (κ2) is 8.85. The first-order valence-electron chi connectivity index (χ1n) is 8.50. The van der Waals surface area contributed by atoms with Gasteiger partial charge in [-0.15, -0.1) is 0 Å². The minimum absolute atomic E-state index is 0.0124. The highest BCUT2D eigenvalue weighted by Crippen LogP contribution is 2.32. The van der Waals surface area contributed by atoms with Gasteiger partial charge in [-0.2, -0.15) is 8.78 Å². The van der Waals surface area contributed by atoms with Gasteiger partial charge in [0.25, 0.3) is 5.76 Å². The van der Waals surface area contributed by atoms with Gasteiger partial charge in [0.05, 0.1) is 12.2 Å². The van der Waals surface area contributed by atoms with Crippen molar-refractivity contribution in [1.82, 2.24) is 0 Å². The SMILES string of the molecule is O=C(CNc1ccc(NC(=O)C2CC2)cc1)Nc1ccccc1SC(F)F. The molecule has 3 N–H and O–H groups in total. The van der Waals surface area contributed by atoms with Crippen LogP contribution in [0.15, 0.2) is 53.4 Å². The minimum Gasteiger partial charge on any atom is -0.376 e. The Labute approximate surface area is 159 Å². The molecule has 0 aromatic heterocycles. The topological polar surface area (TPSA) is 70.2 Å². The predicted octanol–water partition coefficient (Wildman–Crippen LogP) is 4.40. The Hall–Kier alpha value is -2.61. The molecule has 8 heteroatoms. The molecule has 0 heterocycles. The molecule has 0 radical (unpaired) electrons. The Morgan fingerprint density at radius 2 is 1.67 bits per heavy atom. The lowest BCUT2D eigenvalue weighted by atomic mass is 10.2. The van der Waals surface area contributed by atoms with Crippen LogP contribution in [-0.2, 0) is 9.59 Å². The van der Waals surface area contributed by atoms with Gasteiger partial charge in [-0.1, -0.05) is 23.9 Å². The third kappa shape index (κ3) is 5.96. The first-order valence-corrected chi connectivity index (χ1v) is 9.38. The Kier molecular flexibility index (Phi) is 6.28. The maximum Gasteiger partial charge on any atom is 0.288 e. The standard InChI is InChI=1S/C19H19F2N3O2S/c20-19(21)27-16-4-2-1-3-15(16)24-17(25)11-22-13-7-9-14(10-8-13)23-18(26)12-5-6-12/h1-4,7-10,12,19,22H,5-6,11H2,(H,23,26)(H,24,25). The Morgan fingerprint density at radius 1 is 1.00 bits per heavy atom. The summed E-state index contributed by atoms with van der Waals surface area (Å²) >= 11 is 0.391. The number of benzene rings is 2. The number of carbonyl (C=O) groups excluding carboxylic acids is 2. The van der Waals surface area contributed by atoms with Crippen LogP contribution in [0.25, 0.3) is 0 Å². The zero-order valence-corrected chi connectivity index (χ0v) is 15.2. The monoisotopic (exact) mass is 391 g/mol. The number of thioether (sulfide) groups is 1. The average Bonchev–Trinajstić information content (AvgIpc) is 3.48.